The predicted molar refractivity (Wildman–Crippen MR) is 107 cm³/mol. The molecular weight excluding hydrogens is 310 g/mol. The van der Waals surface area contributed by atoms with Crippen molar-refractivity contribution in [1.82, 2.24) is 4.90 Å². The van der Waals surface area contributed by atoms with Crippen molar-refractivity contribution >= 4 is 5.91 Å². The van der Waals surface area contributed by atoms with Crippen molar-refractivity contribution in [3.05, 3.63) is 24.3 Å². The summed E-state index contributed by atoms with van der Waals surface area (Å²) in [6.07, 6.45) is 23.4. The van der Waals surface area contributed by atoms with E-state index in [9.17, 15) is 4.79 Å². The molecule has 0 N–H and O–H groups in total. The van der Waals surface area contributed by atoms with Gasteiger partial charge in [0.15, 0.2) is 0 Å². The van der Waals surface area contributed by atoms with Crippen LogP contribution in [0.1, 0.15) is 84.0 Å². The molecule has 1 saturated heterocycles. The Morgan fingerprint density at radius 3 is 2.12 bits per heavy atom. The third-order valence-electron chi connectivity index (χ3n) is 4.71. The number of unbranched alkanes of at least 4 members (excludes halogenated alkanes) is 8. The normalized spacial score (nSPS) is 15.5. The van der Waals surface area contributed by atoms with Crippen LogP contribution in [0.15, 0.2) is 24.3 Å². The largest absolute Gasteiger partial charge is 0.378 e. The Kier molecular flexibility index (Phi) is 14.4. The van der Waals surface area contributed by atoms with Crippen LogP contribution in [0.4, 0.5) is 0 Å². The molecule has 1 amide bonds. The first kappa shape index (κ1) is 22.0. The maximum atomic E-state index is 12.0. The fourth-order valence-electron chi connectivity index (χ4n) is 3.06. The zero-order chi connectivity index (χ0) is 18.0. The number of carbonyl (C=O) groups excluding carboxylic acids is 1. The average Bonchev–Trinajstić information content (AvgIpc) is 2.65. The highest BCUT2D eigenvalue weighted by Gasteiger charge is 2.15. The van der Waals surface area contributed by atoms with E-state index in [1.807, 2.05) is 4.90 Å². The molecule has 0 bridgehead atoms. The van der Waals surface area contributed by atoms with E-state index in [1.165, 1.54) is 57.8 Å². The Balaban J connectivity index is 1.83. The van der Waals surface area contributed by atoms with Crippen molar-refractivity contribution in [3.63, 3.8) is 0 Å². The number of allylic oxidation sites excluding steroid dienone is 4. The highest BCUT2D eigenvalue weighted by Crippen LogP contribution is 2.10. The van der Waals surface area contributed by atoms with Gasteiger partial charge < -0.3 is 9.64 Å². The molecule has 3 heteroatoms. The predicted octanol–water partition coefficient (Wildman–Crippen LogP) is 5.66. The van der Waals surface area contributed by atoms with Crippen LogP contribution in [0, 0.1) is 0 Å². The van der Waals surface area contributed by atoms with Crippen LogP contribution >= 0.6 is 0 Å². The molecule has 0 spiro atoms. The molecule has 0 aromatic heterocycles. The van der Waals surface area contributed by atoms with Crippen molar-refractivity contribution in [2.45, 2.75) is 84.0 Å². The number of hydrogen-bond donors (Lipinski definition) is 0. The zero-order valence-electron chi connectivity index (χ0n) is 16.4. The third kappa shape index (κ3) is 12.9. The quantitative estimate of drug-likeness (QED) is 0.299. The number of nitrogens with zero attached hydrogens (tertiary/aromatic N) is 1. The van der Waals surface area contributed by atoms with Gasteiger partial charge >= 0.3 is 0 Å². The van der Waals surface area contributed by atoms with Crippen molar-refractivity contribution in [3.8, 4) is 0 Å². The number of morpholine rings is 1. The smallest absolute Gasteiger partial charge is 0.222 e. The van der Waals surface area contributed by atoms with Crippen molar-refractivity contribution < 1.29 is 9.53 Å². The van der Waals surface area contributed by atoms with Gasteiger partial charge in [-0.25, -0.2) is 0 Å². The van der Waals surface area contributed by atoms with E-state index in [1.54, 1.807) is 0 Å². The van der Waals surface area contributed by atoms with Crippen molar-refractivity contribution in [2.75, 3.05) is 26.3 Å². The van der Waals surface area contributed by atoms with Gasteiger partial charge in [0.25, 0.3) is 0 Å². The van der Waals surface area contributed by atoms with Crippen LogP contribution < -0.4 is 0 Å². The molecule has 0 saturated carbocycles. The zero-order valence-corrected chi connectivity index (χ0v) is 16.4. The van der Waals surface area contributed by atoms with Gasteiger partial charge in [0, 0.05) is 19.5 Å². The molecule has 0 atom stereocenters. The van der Waals surface area contributed by atoms with E-state index in [0.717, 1.165) is 25.9 Å². The summed E-state index contributed by atoms with van der Waals surface area (Å²) < 4.78 is 5.28. The molecule has 144 valence electrons. The molecular formula is C22H39NO2. The van der Waals surface area contributed by atoms with Gasteiger partial charge in [-0.15, -0.1) is 0 Å². The minimum atomic E-state index is 0.314. The number of hydrogen-bond acceptors (Lipinski definition) is 2. The maximum Gasteiger partial charge on any atom is 0.222 e. The topological polar surface area (TPSA) is 29.5 Å². The summed E-state index contributed by atoms with van der Waals surface area (Å²) in [6.45, 7) is 5.21. The van der Waals surface area contributed by atoms with Crippen LogP contribution in [0.2, 0.25) is 0 Å². The lowest BCUT2D eigenvalue weighted by Gasteiger charge is -2.26. The van der Waals surface area contributed by atoms with Crippen molar-refractivity contribution in [1.29, 1.82) is 0 Å². The molecule has 0 aromatic rings. The minimum absolute atomic E-state index is 0.314. The van der Waals surface area contributed by atoms with Crippen LogP contribution in [0.3, 0.4) is 0 Å². The molecule has 1 heterocycles. The molecule has 1 aliphatic rings. The van der Waals surface area contributed by atoms with E-state index >= 15 is 0 Å². The molecule has 25 heavy (non-hydrogen) atoms. The average molecular weight is 350 g/mol. The fourth-order valence-corrected chi connectivity index (χ4v) is 3.06. The van der Waals surface area contributed by atoms with E-state index in [-0.39, 0.29) is 0 Å². The second-order valence-electron chi connectivity index (χ2n) is 6.97. The summed E-state index contributed by atoms with van der Waals surface area (Å²) in [5.74, 6) is 0.314. The summed E-state index contributed by atoms with van der Waals surface area (Å²) in [5, 5.41) is 0. The van der Waals surface area contributed by atoms with Crippen LogP contribution in [-0.2, 0) is 9.53 Å². The molecule has 1 aliphatic heterocycles. The molecule has 3 nitrogen and oxygen atoms in total. The Morgan fingerprint density at radius 1 is 0.840 bits per heavy atom. The van der Waals surface area contributed by atoms with E-state index in [0.29, 0.717) is 25.5 Å². The third-order valence-corrected chi connectivity index (χ3v) is 4.71. The van der Waals surface area contributed by atoms with Gasteiger partial charge in [-0.1, -0.05) is 63.3 Å². The minimum Gasteiger partial charge on any atom is -0.378 e. The molecule has 0 radical (unpaired) electrons. The lowest BCUT2D eigenvalue weighted by Crippen LogP contribution is -2.40. The Bertz CT molecular complexity index is 370. The number of ether oxygens (including phenoxy) is 1. The van der Waals surface area contributed by atoms with Crippen LogP contribution in [0.25, 0.3) is 0 Å². The molecule has 1 rings (SSSR count). The lowest BCUT2D eigenvalue weighted by molar-refractivity contribution is -0.135. The summed E-state index contributed by atoms with van der Waals surface area (Å²) >= 11 is 0. The lowest BCUT2D eigenvalue weighted by atomic mass is 10.1. The summed E-state index contributed by atoms with van der Waals surface area (Å²) in [6, 6.07) is 0. The first-order chi connectivity index (χ1) is 12.3. The molecule has 1 fully saturated rings. The van der Waals surface area contributed by atoms with Gasteiger partial charge in [-0.2, -0.15) is 0 Å². The van der Waals surface area contributed by atoms with E-state index in [2.05, 4.69) is 31.2 Å². The maximum absolute atomic E-state index is 12.0. The standard InChI is InChI=1S/C22H39NO2/c1-2-3-4-5-6-7-8-9-10-11-12-13-14-15-16-17-22(24)23-18-20-25-21-19-23/h6-7,9-10H,2-5,8,11-21H2,1H3. The first-order valence-corrected chi connectivity index (χ1v) is 10.5. The highest BCUT2D eigenvalue weighted by molar-refractivity contribution is 5.76. The van der Waals surface area contributed by atoms with Crippen LogP contribution in [-0.4, -0.2) is 37.1 Å². The molecule has 0 unspecified atom stereocenters. The monoisotopic (exact) mass is 349 g/mol. The Morgan fingerprint density at radius 2 is 1.44 bits per heavy atom. The fraction of sp³-hybridized carbons (Fsp3) is 0.773. The summed E-state index contributed by atoms with van der Waals surface area (Å²) in [7, 11) is 0. The highest BCUT2D eigenvalue weighted by atomic mass is 16.5. The van der Waals surface area contributed by atoms with E-state index < -0.39 is 0 Å². The Hall–Kier alpha value is -1.09. The van der Waals surface area contributed by atoms with Crippen molar-refractivity contribution in [2.24, 2.45) is 0 Å². The summed E-state index contributed by atoms with van der Waals surface area (Å²) in [4.78, 5) is 13.9. The number of amides is 1. The Labute approximate surface area is 155 Å². The van der Waals surface area contributed by atoms with Gasteiger partial charge in [-0.05, 0) is 38.5 Å². The second-order valence-corrected chi connectivity index (χ2v) is 6.97. The van der Waals surface area contributed by atoms with Gasteiger partial charge in [0.1, 0.15) is 0 Å². The van der Waals surface area contributed by atoms with Gasteiger partial charge in [0.05, 0.1) is 13.2 Å². The van der Waals surface area contributed by atoms with Gasteiger partial charge in [-0.3, -0.25) is 4.79 Å². The number of carbonyl (C=O) groups is 1. The molecule has 0 aromatic carbocycles. The van der Waals surface area contributed by atoms with E-state index in [4.69, 9.17) is 4.74 Å². The van der Waals surface area contributed by atoms with Crippen LogP contribution in [0.5, 0.6) is 0 Å². The summed E-state index contributed by atoms with van der Waals surface area (Å²) in [5.41, 5.74) is 0. The number of rotatable bonds is 14. The SMILES string of the molecule is CCCCCC=CCC=CCCCCCCCC(=O)N1CCOCC1. The molecule has 0 aliphatic carbocycles. The first-order valence-electron chi connectivity index (χ1n) is 10.5. The van der Waals surface area contributed by atoms with Gasteiger partial charge in [0.2, 0.25) is 5.91 Å². The second kappa shape index (κ2) is 16.4.